The normalized spacial score (nSPS) is 11.6. The molecule has 4 rings (SSSR count). The molecule has 0 aliphatic rings. The molecular weight excluding hydrogens is 396 g/mol. The summed E-state index contributed by atoms with van der Waals surface area (Å²) in [7, 11) is 0. The third-order valence-corrected chi connectivity index (χ3v) is 4.83. The molecule has 0 radical (unpaired) electrons. The van der Waals surface area contributed by atoms with E-state index in [1.54, 1.807) is 54.6 Å². The zero-order chi connectivity index (χ0) is 21.5. The van der Waals surface area contributed by atoms with Gasteiger partial charge in [0.2, 0.25) is 5.91 Å². The van der Waals surface area contributed by atoms with Crippen LogP contribution in [-0.2, 0) is 6.18 Å². The van der Waals surface area contributed by atoms with E-state index in [9.17, 15) is 22.4 Å². The number of amides is 1. The quantitative estimate of drug-likeness (QED) is 0.432. The number of aromatic nitrogens is 1. The lowest BCUT2D eigenvalue weighted by atomic mass is 9.94. The Morgan fingerprint density at radius 2 is 1.57 bits per heavy atom. The van der Waals surface area contributed by atoms with Crippen LogP contribution in [0.15, 0.2) is 72.9 Å². The summed E-state index contributed by atoms with van der Waals surface area (Å²) < 4.78 is 53.6. The van der Waals surface area contributed by atoms with E-state index in [2.05, 4.69) is 4.98 Å². The highest BCUT2D eigenvalue weighted by Gasteiger charge is 2.35. The van der Waals surface area contributed by atoms with Crippen molar-refractivity contribution >= 4 is 16.8 Å². The van der Waals surface area contributed by atoms with E-state index in [1.807, 2.05) is 0 Å². The van der Waals surface area contributed by atoms with E-state index in [-0.39, 0.29) is 10.9 Å². The van der Waals surface area contributed by atoms with E-state index in [4.69, 9.17) is 5.73 Å². The smallest absolute Gasteiger partial charge is 0.366 e. The monoisotopic (exact) mass is 410 g/mol. The molecular formula is C23H14F4N2O. The molecule has 1 amide bonds. The topological polar surface area (TPSA) is 56.0 Å². The summed E-state index contributed by atoms with van der Waals surface area (Å²) in [4.78, 5) is 15.6. The minimum Gasteiger partial charge on any atom is -0.366 e. The minimum atomic E-state index is -4.81. The van der Waals surface area contributed by atoms with Crippen LogP contribution < -0.4 is 5.73 Å². The number of alkyl halides is 3. The molecule has 150 valence electrons. The number of hydrogen-bond acceptors (Lipinski definition) is 2. The van der Waals surface area contributed by atoms with Crippen molar-refractivity contribution in [3.05, 3.63) is 89.9 Å². The van der Waals surface area contributed by atoms with Gasteiger partial charge in [-0.3, -0.25) is 9.78 Å². The van der Waals surface area contributed by atoms with Crippen molar-refractivity contribution < 1.29 is 22.4 Å². The summed E-state index contributed by atoms with van der Waals surface area (Å²) in [6.45, 7) is 0. The molecule has 3 aromatic carbocycles. The summed E-state index contributed by atoms with van der Waals surface area (Å²) in [5, 5.41) is 0.253. The van der Waals surface area contributed by atoms with Gasteiger partial charge < -0.3 is 5.73 Å². The average molecular weight is 410 g/mol. The van der Waals surface area contributed by atoms with Crippen LogP contribution in [0.4, 0.5) is 17.6 Å². The second kappa shape index (κ2) is 7.26. The fraction of sp³-hybridized carbons (Fsp3) is 0.0435. The summed E-state index contributed by atoms with van der Waals surface area (Å²) >= 11 is 0. The number of pyridine rings is 1. The number of halogens is 4. The van der Waals surface area contributed by atoms with Gasteiger partial charge in [-0.25, -0.2) is 4.39 Å². The fourth-order valence-electron chi connectivity index (χ4n) is 3.46. The highest BCUT2D eigenvalue weighted by molar-refractivity contribution is 6.01. The molecule has 4 aromatic rings. The molecule has 0 unspecified atom stereocenters. The first-order chi connectivity index (χ1) is 14.3. The number of hydrogen-bond donors (Lipinski definition) is 1. The molecule has 30 heavy (non-hydrogen) atoms. The van der Waals surface area contributed by atoms with E-state index in [0.29, 0.717) is 27.8 Å². The number of primary amides is 1. The average Bonchev–Trinajstić information content (AvgIpc) is 2.73. The summed E-state index contributed by atoms with van der Waals surface area (Å²) in [6, 6.07) is 17.4. The Bertz CT molecular complexity index is 1280. The third-order valence-electron chi connectivity index (χ3n) is 4.83. The van der Waals surface area contributed by atoms with Gasteiger partial charge in [-0.05, 0) is 46.5 Å². The summed E-state index contributed by atoms with van der Waals surface area (Å²) in [6.07, 6.45) is -3.54. The highest BCUT2D eigenvalue weighted by Crippen LogP contribution is 2.37. The lowest BCUT2D eigenvalue weighted by molar-refractivity contribution is -0.139. The van der Waals surface area contributed by atoms with Crippen molar-refractivity contribution in [2.24, 2.45) is 5.73 Å². The van der Waals surface area contributed by atoms with Crippen molar-refractivity contribution in [2.45, 2.75) is 6.18 Å². The molecule has 0 saturated carbocycles. The van der Waals surface area contributed by atoms with Crippen molar-refractivity contribution in [3.63, 3.8) is 0 Å². The van der Waals surface area contributed by atoms with Crippen LogP contribution in [0.1, 0.15) is 15.9 Å². The Labute approximate surface area is 168 Å². The molecule has 0 bridgehead atoms. The Morgan fingerprint density at radius 1 is 0.867 bits per heavy atom. The second-order valence-corrected chi connectivity index (χ2v) is 6.67. The predicted molar refractivity (Wildman–Crippen MR) is 106 cm³/mol. The van der Waals surface area contributed by atoms with E-state index in [1.165, 1.54) is 12.3 Å². The molecule has 0 saturated heterocycles. The zero-order valence-corrected chi connectivity index (χ0v) is 15.4. The molecule has 0 aliphatic carbocycles. The Morgan fingerprint density at radius 3 is 2.27 bits per heavy atom. The SMILES string of the molecule is NC(=O)c1ccccc1-c1cccc(-c2ccnc3c(F)c(C(F)(F)F)ccc23)c1. The van der Waals surface area contributed by atoms with E-state index in [0.717, 1.165) is 6.07 Å². The van der Waals surface area contributed by atoms with Crippen molar-refractivity contribution in [1.82, 2.24) is 4.98 Å². The lowest BCUT2D eigenvalue weighted by Gasteiger charge is -2.13. The van der Waals surface area contributed by atoms with Gasteiger partial charge in [0, 0.05) is 17.1 Å². The van der Waals surface area contributed by atoms with Crippen LogP contribution in [0.25, 0.3) is 33.2 Å². The van der Waals surface area contributed by atoms with Gasteiger partial charge in [-0.2, -0.15) is 13.2 Å². The maximum atomic E-state index is 14.5. The third kappa shape index (κ3) is 3.39. The minimum absolute atomic E-state index is 0.253. The molecule has 1 heterocycles. The largest absolute Gasteiger partial charge is 0.419 e. The van der Waals surface area contributed by atoms with Gasteiger partial charge in [0.05, 0.1) is 5.56 Å². The first-order valence-corrected chi connectivity index (χ1v) is 8.91. The van der Waals surface area contributed by atoms with Crippen LogP contribution in [0.5, 0.6) is 0 Å². The highest BCUT2D eigenvalue weighted by atomic mass is 19.4. The number of carbonyl (C=O) groups excluding carboxylic acids is 1. The van der Waals surface area contributed by atoms with Crippen LogP contribution in [0.3, 0.4) is 0 Å². The molecule has 3 nitrogen and oxygen atoms in total. The lowest BCUT2D eigenvalue weighted by Crippen LogP contribution is -2.12. The van der Waals surface area contributed by atoms with Gasteiger partial charge in [0.1, 0.15) is 5.52 Å². The fourth-order valence-corrected chi connectivity index (χ4v) is 3.46. The van der Waals surface area contributed by atoms with Crippen molar-refractivity contribution in [3.8, 4) is 22.3 Å². The predicted octanol–water partition coefficient (Wildman–Crippen LogP) is 5.83. The molecule has 1 aromatic heterocycles. The molecule has 2 N–H and O–H groups in total. The number of rotatable bonds is 3. The number of nitrogens with zero attached hydrogens (tertiary/aromatic N) is 1. The molecule has 0 fully saturated rings. The van der Waals surface area contributed by atoms with E-state index >= 15 is 0 Å². The second-order valence-electron chi connectivity index (χ2n) is 6.67. The Balaban J connectivity index is 1.90. The Kier molecular flexibility index (Phi) is 4.73. The standard InChI is InChI=1S/C23H14F4N2O/c24-20-19(23(25,26)27)9-8-17-16(10-11-29-21(17)20)14-5-3-4-13(12-14)15-6-1-2-7-18(15)22(28)30/h1-12H,(H2,28,30). The number of nitrogens with two attached hydrogens (primary N) is 1. The van der Waals surface area contributed by atoms with Crippen LogP contribution in [-0.4, -0.2) is 10.9 Å². The van der Waals surface area contributed by atoms with Gasteiger partial charge in [0.15, 0.2) is 5.82 Å². The Hall–Kier alpha value is -3.74. The molecule has 0 spiro atoms. The van der Waals surface area contributed by atoms with Crippen LogP contribution in [0, 0.1) is 5.82 Å². The van der Waals surface area contributed by atoms with Gasteiger partial charge in [0.25, 0.3) is 0 Å². The van der Waals surface area contributed by atoms with Gasteiger partial charge in [-0.1, -0.05) is 42.5 Å². The number of benzene rings is 3. The van der Waals surface area contributed by atoms with Crippen LogP contribution >= 0.6 is 0 Å². The summed E-state index contributed by atoms with van der Waals surface area (Å²) in [5.41, 5.74) is 6.56. The maximum Gasteiger partial charge on any atom is 0.419 e. The molecule has 0 aliphatic heterocycles. The molecule has 0 atom stereocenters. The van der Waals surface area contributed by atoms with Crippen LogP contribution in [0.2, 0.25) is 0 Å². The van der Waals surface area contributed by atoms with Crippen molar-refractivity contribution in [2.75, 3.05) is 0 Å². The maximum absolute atomic E-state index is 14.5. The zero-order valence-electron chi connectivity index (χ0n) is 15.4. The van der Waals surface area contributed by atoms with Gasteiger partial charge in [-0.15, -0.1) is 0 Å². The summed E-state index contributed by atoms with van der Waals surface area (Å²) in [5.74, 6) is -1.98. The number of carbonyl (C=O) groups is 1. The van der Waals surface area contributed by atoms with E-state index < -0.39 is 23.5 Å². The van der Waals surface area contributed by atoms with Gasteiger partial charge >= 0.3 is 6.18 Å². The first-order valence-electron chi connectivity index (χ1n) is 8.91. The van der Waals surface area contributed by atoms with Crippen molar-refractivity contribution in [1.29, 1.82) is 0 Å². The molecule has 7 heteroatoms. The number of fused-ring (bicyclic) bond motifs is 1. The first kappa shape index (κ1) is 19.6.